The lowest BCUT2D eigenvalue weighted by molar-refractivity contribution is -0.123. The van der Waals surface area contributed by atoms with E-state index >= 15 is 0 Å². The van der Waals surface area contributed by atoms with Gasteiger partial charge in [-0.2, -0.15) is 0 Å². The maximum absolute atomic E-state index is 13.1. The van der Waals surface area contributed by atoms with Crippen molar-refractivity contribution in [2.45, 2.75) is 26.7 Å². The zero-order valence-electron chi connectivity index (χ0n) is 13.7. The Morgan fingerprint density at radius 3 is 2.25 bits per heavy atom. The summed E-state index contributed by atoms with van der Waals surface area (Å²) >= 11 is 0. The Bertz CT molecular complexity index is 776. The number of hydrogen-bond acceptors (Lipinski definition) is 4. The lowest BCUT2D eigenvalue weighted by Crippen LogP contribution is -2.33. The predicted octanol–water partition coefficient (Wildman–Crippen LogP) is 2.90. The summed E-state index contributed by atoms with van der Waals surface area (Å²) in [5, 5.41) is 0. The van der Waals surface area contributed by atoms with Gasteiger partial charge in [0.05, 0.1) is 17.5 Å². The standard InChI is InChI=1S/C19H19NO4/c1-9(2)15-11-4-5-12(15)17-16(11)18(21)20(19(17)22)10-3-6-13-14(7-10)24-8-23-13/h3,6-7,11-12,16-17H,4-5,8H2,1-2H3/t11-,12-,16-,17-/m0/s1. The number of carbonyl (C=O) groups excluding carboxylic acids is 2. The van der Waals surface area contributed by atoms with Crippen molar-refractivity contribution in [2.75, 3.05) is 11.7 Å². The fourth-order valence-electron chi connectivity index (χ4n) is 5.27. The van der Waals surface area contributed by atoms with E-state index in [9.17, 15) is 9.59 Å². The molecule has 0 unspecified atom stereocenters. The molecule has 0 N–H and O–H groups in total. The van der Waals surface area contributed by atoms with Crippen LogP contribution in [0.2, 0.25) is 0 Å². The Balaban J connectivity index is 1.55. The van der Waals surface area contributed by atoms with Crippen LogP contribution in [0.3, 0.4) is 0 Å². The van der Waals surface area contributed by atoms with E-state index in [0.29, 0.717) is 17.2 Å². The van der Waals surface area contributed by atoms with Gasteiger partial charge in [0.15, 0.2) is 11.5 Å². The second-order valence-electron chi connectivity index (χ2n) is 7.35. The van der Waals surface area contributed by atoms with Gasteiger partial charge in [-0.05, 0) is 50.7 Å². The summed E-state index contributed by atoms with van der Waals surface area (Å²) in [6.07, 6.45) is 2.06. The van der Waals surface area contributed by atoms with E-state index < -0.39 is 0 Å². The maximum Gasteiger partial charge on any atom is 0.238 e. The first kappa shape index (κ1) is 14.1. The second-order valence-corrected chi connectivity index (χ2v) is 7.35. The van der Waals surface area contributed by atoms with Crippen LogP contribution in [0.5, 0.6) is 11.5 Å². The van der Waals surface area contributed by atoms with Crippen LogP contribution in [-0.2, 0) is 9.59 Å². The van der Waals surface area contributed by atoms with Gasteiger partial charge in [-0.3, -0.25) is 9.59 Å². The topological polar surface area (TPSA) is 55.8 Å². The van der Waals surface area contributed by atoms with Crippen molar-refractivity contribution in [2.24, 2.45) is 23.7 Å². The average molecular weight is 325 g/mol. The molecule has 2 aliphatic carbocycles. The van der Waals surface area contributed by atoms with Gasteiger partial charge >= 0.3 is 0 Å². The molecule has 24 heavy (non-hydrogen) atoms. The minimum atomic E-state index is -0.174. The first-order valence-electron chi connectivity index (χ1n) is 8.52. The number of anilines is 1. The van der Waals surface area contributed by atoms with Crippen molar-refractivity contribution in [3.8, 4) is 11.5 Å². The number of carbonyl (C=O) groups is 2. The summed E-state index contributed by atoms with van der Waals surface area (Å²) in [5.74, 6) is 1.31. The van der Waals surface area contributed by atoms with E-state index in [2.05, 4.69) is 13.8 Å². The smallest absolute Gasteiger partial charge is 0.238 e. The second kappa shape index (κ2) is 4.62. The molecule has 4 aliphatic rings. The van der Waals surface area contributed by atoms with Crippen molar-refractivity contribution in [1.29, 1.82) is 0 Å². The zero-order valence-corrected chi connectivity index (χ0v) is 13.7. The van der Waals surface area contributed by atoms with Gasteiger partial charge in [0.25, 0.3) is 0 Å². The average Bonchev–Trinajstić information content (AvgIpc) is 3.29. The van der Waals surface area contributed by atoms with E-state index in [4.69, 9.17) is 9.47 Å². The van der Waals surface area contributed by atoms with Crippen LogP contribution in [-0.4, -0.2) is 18.6 Å². The van der Waals surface area contributed by atoms with E-state index in [0.717, 1.165) is 12.8 Å². The molecule has 2 aliphatic heterocycles. The predicted molar refractivity (Wildman–Crippen MR) is 86.6 cm³/mol. The molecule has 0 spiro atoms. The molecule has 5 nitrogen and oxygen atoms in total. The molecule has 1 saturated heterocycles. The van der Waals surface area contributed by atoms with Gasteiger partial charge in [-0.15, -0.1) is 0 Å². The minimum Gasteiger partial charge on any atom is -0.454 e. The van der Waals surface area contributed by atoms with Crippen LogP contribution in [0.1, 0.15) is 26.7 Å². The molecule has 1 aromatic carbocycles. The molecule has 5 heteroatoms. The number of hydrogen-bond donors (Lipinski definition) is 0. The molecule has 0 radical (unpaired) electrons. The van der Waals surface area contributed by atoms with E-state index in [1.54, 1.807) is 18.2 Å². The molecular weight excluding hydrogens is 306 g/mol. The highest BCUT2D eigenvalue weighted by Crippen LogP contribution is 2.60. The molecule has 1 aromatic rings. The molecule has 124 valence electrons. The third-order valence-corrected chi connectivity index (χ3v) is 6.04. The number of fused-ring (bicyclic) bond motifs is 6. The number of benzene rings is 1. The van der Waals surface area contributed by atoms with Crippen molar-refractivity contribution in [3.05, 3.63) is 29.3 Å². The highest BCUT2D eigenvalue weighted by atomic mass is 16.7. The molecule has 5 rings (SSSR count). The molecule has 2 heterocycles. The summed E-state index contributed by atoms with van der Waals surface area (Å²) in [7, 11) is 0. The van der Waals surface area contributed by atoms with Crippen LogP contribution in [0.25, 0.3) is 0 Å². The molecule has 2 saturated carbocycles. The quantitative estimate of drug-likeness (QED) is 0.588. The van der Waals surface area contributed by atoms with Gasteiger partial charge in [0.1, 0.15) is 0 Å². The normalized spacial score (nSPS) is 32.8. The van der Waals surface area contributed by atoms with Gasteiger partial charge in [0, 0.05) is 6.07 Å². The number of allylic oxidation sites excluding steroid dienone is 2. The lowest BCUT2D eigenvalue weighted by atomic mass is 9.81. The Morgan fingerprint density at radius 1 is 1.00 bits per heavy atom. The van der Waals surface area contributed by atoms with Crippen LogP contribution < -0.4 is 14.4 Å². The van der Waals surface area contributed by atoms with E-state index in [1.807, 2.05) is 0 Å². The van der Waals surface area contributed by atoms with Crippen molar-refractivity contribution < 1.29 is 19.1 Å². The highest BCUT2D eigenvalue weighted by Gasteiger charge is 2.63. The third kappa shape index (κ3) is 1.60. The molecule has 4 atom stereocenters. The first-order chi connectivity index (χ1) is 11.6. The SMILES string of the molecule is CC(C)=C1[C@@H]2CC[C@@H]1[C@@H]1C(=O)N(c3ccc4c(c3)OCO4)C(=O)[C@H]12. The number of imide groups is 1. The Labute approximate surface area is 140 Å². The largest absolute Gasteiger partial charge is 0.454 e. The van der Waals surface area contributed by atoms with Crippen LogP contribution in [0.15, 0.2) is 29.3 Å². The highest BCUT2D eigenvalue weighted by molar-refractivity contribution is 6.23. The van der Waals surface area contributed by atoms with E-state index in [1.165, 1.54) is 16.0 Å². The summed E-state index contributed by atoms with van der Waals surface area (Å²) in [4.78, 5) is 27.5. The molecule has 2 amide bonds. The fourth-order valence-corrected chi connectivity index (χ4v) is 5.27. The Hall–Kier alpha value is -2.30. The third-order valence-electron chi connectivity index (χ3n) is 6.04. The van der Waals surface area contributed by atoms with Crippen LogP contribution in [0.4, 0.5) is 5.69 Å². The number of ether oxygens (including phenoxy) is 2. The van der Waals surface area contributed by atoms with Crippen LogP contribution >= 0.6 is 0 Å². The van der Waals surface area contributed by atoms with Gasteiger partial charge in [0.2, 0.25) is 18.6 Å². The molecule has 3 fully saturated rings. The zero-order chi connectivity index (χ0) is 16.6. The monoisotopic (exact) mass is 325 g/mol. The minimum absolute atomic E-state index is 0.0465. The number of rotatable bonds is 1. The number of nitrogens with zero attached hydrogens (tertiary/aromatic N) is 1. The van der Waals surface area contributed by atoms with Crippen molar-refractivity contribution >= 4 is 17.5 Å². The molecule has 2 bridgehead atoms. The van der Waals surface area contributed by atoms with Crippen molar-refractivity contribution in [1.82, 2.24) is 0 Å². The summed E-state index contributed by atoms with van der Waals surface area (Å²) in [6, 6.07) is 5.28. The molecular formula is C19H19NO4. The van der Waals surface area contributed by atoms with Gasteiger partial charge < -0.3 is 9.47 Å². The van der Waals surface area contributed by atoms with Crippen molar-refractivity contribution in [3.63, 3.8) is 0 Å². The van der Waals surface area contributed by atoms with E-state index in [-0.39, 0.29) is 42.3 Å². The van der Waals surface area contributed by atoms with Gasteiger partial charge in [-0.1, -0.05) is 11.1 Å². The summed E-state index contributed by atoms with van der Waals surface area (Å²) < 4.78 is 10.7. The fraction of sp³-hybridized carbons (Fsp3) is 0.474. The van der Waals surface area contributed by atoms with Gasteiger partial charge in [-0.25, -0.2) is 4.90 Å². The summed E-state index contributed by atoms with van der Waals surface area (Å²) in [5.41, 5.74) is 3.26. The number of amides is 2. The lowest BCUT2D eigenvalue weighted by Gasteiger charge is -2.19. The Morgan fingerprint density at radius 2 is 1.62 bits per heavy atom. The maximum atomic E-state index is 13.1. The summed E-state index contributed by atoms with van der Waals surface area (Å²) in [6.45, 7) is 4.39. The first-order valence-corrected chi connectivity index (χ1v) is 8.52. The Kier molecular flexibility index (Phi) is 2.71. The van der Waals surface area contributed by atoms with Crippen LogP contribution in [0, 0.1) is 23.7 Å². The molecule has 0 aromatic heterocycles.